The molecule has 0 aliphatic rings. The third kappa shape index (κ3) is 1.79. The molecule has 4 heteroatoms. The highest BCUT2D eigenvalue weighted by molar-refractivity contribution is 5.92. The lowest BCUT2D eigenvalue weighted by Gasteiger charge is -2.12. The molecule has 0 aliphatic carbocycles. The van der Waals surface area contributed by atoms with Gasteiger partial charge in [-0.3, -0.25) is 0 Å². The van der Waals surface area contributed by atoms with E-state index >= 15 is 0 Å². The molecule has 0 spiro atoms. The maximum atomic E-state index is 10.9. The van der Waals surface area contributed by atoms with Gasteiger partial charge in [-0.05, 0) is 23.6 Å². The molecule has 1 aromatic rings. The fourth-order valence-electron chi connectivity index (χ4n) is 1.31. The lowest BCUT2D eigenvalue weighted by molar-refractivity contribution is 0.0695. The van der Waals surface area contributed by atoms with Crippen LogP contribution in [0.4, 0.5) is 11.4 Å². The summed E-state index contributed by atoms with van der Waals surface area (Å²) in [6.07, 6.45) is 0. The van der Waals surface area contributed by atoms with E-state index in [1.807, 2.05) is 13.8 Å². The molecule has 0 atom stereocenters. The van der Waals surface area contributed by atoms with Crippen LogP contribution in [0.3, 0.4) is 0 Å². The molecule has 76 valence electrons. The van der Waals surface area contributed by atoms with Crippen LogP contribution in [0.15, 0.2) is 12.1 Å². The van der Waals surface area contributed by atoms with Gasteiger partial charge in [0.15, 0.2) is 0 Å². The summed E-state index contributed by atoms with van der Waals surface area (Å²) in [5.41, 5.74) is 12.8. The first kappa shape index (κ1) is 10.4. The summed E-state index contributed by atoms with van der Waals surface area (Å²) >= 11 is 0. The topological polar surface area (TPSA) is 89.3 Å². The van der Waals surface area contributed by atoms with Gasteiger partial charge in [-0.15, -0.1) is 0 Å². The normalized spacial score (nSPS) is 10.5. The molecule has 0 aromatic heterocycles. The van der Waals surface area contributed by atoms with Crippen molar-refractivity contribution in [3.63, 3.8) is 0 Å². The molecular weight excluding hydrogens is 180 g/mol. The van der Waals surface area contributed by atoms with Gasteiger partial charge in [0.2, 0.25) is 0 Å². The smallest absolute Gasteiger partial charge is 0.336 e. The second kappa shape index (κ2) is 3.57. The van der Waals surface area contributed by atoms with Crippen molar-refractivity contribution in [3.8, 4) is 0 Å². The summed E-state index contributed by atoms with van der Waals surface area (Å²) in [7, 11) is 0. The van der Waals surface area contributed by atoms with Crippen LogP contribution in [-0.4, -0.2) is 11.1 Å². The number of hydrogen-bond acceptors (Lipinski definition) is 3. The Morgan fingerprint density at radius 3 is 2.21 bits per heavy atom. The fraction of sp³-hybridized carbons (Fsp3) is 0.300. The molecule has 0 saturated carbocycles. The molecule has 0 saturated heterocycles. The lowest BCUT2D eigenvalue weighted by atomic mass is 9.96. The van der Waals surface area contributed by atoms with Gasteiger partial charge in [0.05, 0.1) is 16.9 Å². The summed E-state index contributed by atoms with van der Waals surface area (Å²) in [5, 5.41) is 8.93. The van der Waals surface area contributed by atoms with E-state index < -0.39 is 5.97 Å². The quantitative estimate of drug-likeness (QED) is 0.625. The highest BCUT2D eigenvalue weighted by atomic mass is 16.4. The van der Waals surface area contributed by atoms with Crippen molar-refractivity contribution in [1.29, 1.82) is 0 Å². The summed E-state index contributed by atoms with van der Waals surface area (Å²) in [5.74, 6) is -0.857. The van der Waals surface area contributed by atoms with E-state index in [4.69, 9.17) is 16.6 Å². The number of hydrogen-bond donors (Lipinski definition) is 3. The predicted molar refractivity (Wildman–Crippen MR) is 56.3 cm³/mol. The number of carboxylic acids is 1. The van der Waals surface area contributed by atoms with Crippen molar-refractivity contribution < 1.29 is 9.90 Å². The van der Waals surface area contributed by atoms with E-state index in [-0.39, 0.29) is 11.5 Å². The molecule has 0 heterocycles. The highest BCUT2D eigenvalue weighted by Crippen LogP contribution is 2.26. The number of carboxylic acid groups (broad SMARTS) is 1. The average Bonchev–Trinajstić information content (AvgIpc) is 2.08. The van der Waals surface area contributed by atoms with Crippen molar-refractivity contribution in [1.82, 2.24) is 0 Å². The van der Waals surface area contributed by atoms with Crippen LogP contribution in [0.5, 0.6) is 0 Å². The minimum absolute atomic E-state index is 0.115. The van der Waals surface area contributed by atoms with Crippen LogP contribution in [0.2, 0.25) is 0 Å². The van der Waals surface area contributed by atoms with Crippen LogP contribution in [0, 0.1) is 0 Å². The van der Waals surface area contributed by atoms with Gasteiger partial charge in [0, 0.05) is 0 Å². The molecule has 0 radical (unpaired) electrons. The van der Waals surface area contributed by atoms with Crippen LogP contribution in [-0.2, 0) is 0 Å². The predicted octanol–water partition coefficient (Wildman–Crippen LogP) is 1.67. The van der Waals surface area contributed by atoms with Crippen molar-refractivity contribution in [2.45, 2.75) is 19.8 Å². The van der Waals surface area contributed by atoms with Crippen molar-refractivity contribution >= 4 is 17.3 Å². The second-order valence-electron chi connectivity index (χ2n) is 3.53. The van der Waals surface area contributed by atoms with Crippen molar-refractivity contribution in [2.75, 3.05) is 11.5 Å². The Morgan fingerprint density at radius 2 is 1.79 bits per heavy atom. The van der Waals surface area contributed by atoms with Crippen molar-refractivity contribution in [3.05, 3.63) is 23.3 Å². The minimum Gasteiger partial charge on any atom is -0.478 e. The van der Waals surface area contributed by atoms with Crippen molar-refractivity contribution in [2.24, 2.45) is 0 Å². The maximum Gasteiger partial charge on any atom is 0.336 e. The molecule has 4 nitrogen and oxygen atoms in total. The third-order valence-electron chi connectivity index (χ3n) is 2.11. The molecule has 0 fully saturated rings. The number of aromatic carboxylic acids is 1. The maximum absolute atomic E-state index is 10.9. The number of nitrogens with two attached hydrogens (primary N) is 2. The Bertz CT molecular complexity index is 373. The van der Waals surface area contributed by atoms with E-state index in [2.05, 4.69) is 0 Å². The first-order valence-corrected chi connectivity index (χ1v) is 4.35. The van der Waals surface area contributed by atoms with Crippen LogP contribution < -0.4 is 11.5 Å². The Kier molecular flexibility index (Phi) is 2.65. The van der Waals surface area contributed by atoms with Gasteiger partial charge < -0.3 is 16.6 Å². The number of anilines is 2. The van der Waals surface area contributed by atoms with E-state index in [9.17, 15) is 4.79 Å². The molecule has 1 aromatic carbocycles. The van der Waals surface area contributed by atoms with Crippen LogP contribution >= 0.6 is 0 Å². The highest BCUT2D eigenvalue weighted by Gasteiger charge is 2.14. The second-order valence-corrected chi connectivity index (χ2v) is 3.53. The number of benzene rings is 1. The number of carbonyl (C=O) groups is 1. The van der Waals surface area contributed by atoms with E-state index in [0.717, 1.165) is 0 Å². The van der Waals surface area contributed by atoms with Gasteiger partial charge in [0.1, 0.15) is 0 Å². The van der Waals surface area contributed by atoms with Gasteiger partial charge in [-0.25, -0.2) is 4.79 Å². The Balaban J connectivity index is 3.39. The summed E-state index contributed by atoms with van der Waals surface area (Å²) in [6.45, 7) is 3.83. The average molecular weight is 194 g/mol. The third-order valence-corrected chi connectivity index (χ3v) is 2.11. The van der Waals surface area contributed by atoms with Crippen LogP contribution in [0.1, 0.15) is 35.7 Å². The minimum atomic E-state index is -0.972. The zero-order valence-electron chi connectivity index (χ0n) is 8.24. The van der Waals surface area contributed by atoms with E-state index in [1.165, 1.54) is 6.07 Å². The molecule has 1 rings (SSSR count). The van der Waals surface area contributed by atoms with Gasteiger partial charge in [0.25, 0.3) is 0 Å². The summed E-state index contributed by atoms with van der Waals surface area (Å²) in [4.78, 5) is 10.9. The number of nitrogen functional groups attached to an aromatic ring is 2. The monoisotopic (exact) mass is 194 g/mol. The summed E-state index contributed by atoms with van der Waals surface area (Å²) in [6, 6.07) is 3.04. The number of rotatable bonds is 2. The SMILES string of the molecule is CC(C)c1cc(N)c(N)cc1C(=O)O. The molecule has 0 aliphatic heterocycles. The lowest BCUT2D eigenvalue weighted by Crippen LogP contribution is -2.07. The molecule has 14 heavy (non-hydrogen) atoms. The standard InChI is InChI=1S/C10H14N2O2/c1-5(2)6-3-8(11)9(12)4-7(6)10(13)14/h3-5H,11-12H2,1-2H3,(H,13,14). The first-order valence-electron chi connectivity index (χ1n) is 4.35. The van der Waals surface area contributed by atoms with Gasteiger partial charge >= 0.3 is 5.97 Å². The zero-order valence-corrected chi connectivity index (χ0v) is 8.24. The van der Waals surface area contributed by atoms with Crippen LogP contribution in [0.25, 0.3) is 0 Å². The first-order chi connectivity index (χ1) is 6.43. The Hall–Kier alpha value is -1.71. The summed E-state index contributed by atoms with van der Waals surface area (Å²) < 4.78 is 0. The molecule has 0 unspecified atom stereocenters. The molecule has 0 amide bonds. The Morgan fingerprint density at radius 1 is 1.29 bits per heavy atom. The molecule has 0 bridgehead atoms. The molecule has 5 N–H and O–H groups in total. The fourth-order valence-corrected chi connectivity index (χ4v) is 1.31. The zero-order chi connectivity index (χ0) is 10.9. The Labute approximate surface area is 82.5 Å². The molecular formula is C10H14N2O2. The van der Waals surface area contributed by atoms with Gasteiger partial charge in [-0.1, -0.05) is 13.8 Å². The van der Waals surface area contributed by atoms with E-state index in [0.29, 0.717) is 16.9 Å². The largest absolute Gasteiger partial charge is 0.478 e. The van der Waals surface area contributed by atoms with E-state index in [1.54, 1.807) is 6.07 Å². The van der Waals surface area contributed by atoms with Gasteiger partial charge in [-0.2, -0.15) is 0 Å².